The molecule has 1 N–H and O–H groups in total. The van der Waals surface area contributed by atoms with Crippen molar-refractivity contribution in [2.75, 3.05) is 33.2 Å². The number of amides is 1. The number of thiophene rings is 1. The van der Waals surface area contributed by atoms with Gasteiger partial charge in [0.25, 0.3) is 0 Å². The molecule has 5 rings (SSSR count). The van der Waals surface area contributed by atoms with Crippen LogP contribution < -0.4 is 0 Å². The van der Waals surface area contributed by atoms with Crippen molar-refractivity contribution in [3.8, 4) is 10.6 Å². The number of carbonyl (C=O) groups excluding carboxylic acids is 1. The van der Waals surface area contributed by atoms with Crippen LogP contribution in [0.15, 0.2) is 16.8 Å². The Morgan fingerprint density at radius 3 is 2.75 bits per heavy atom. The molecule has 2 aromatic rings. The highest BCUT2D eigenvalue weighted by atomic mass is 32.1. The minimum absolute atomic E-state index is 0.0270. The highest BCUT2D eigenvalue weighted by molar-refractivity contribution is 7.15. The van der Waals surface area contributed by atoms with Crippen molar-refractivity contribution in [1.29, 1.82) is 0 Å². The Balaban J connectivity index is 1.37. The second-order valence-electron chi connectivity index (χ2n) is 10.6. The number of hydrogen-bond acceptors (Lipinski definition) is 6. The number of thiazole rings is 1. The highest BCUT2D eigenvalue weighted by Crippen LogP contribution is 2.57. The Morgan fingerprint density at radius 1 is 1.31 bits per heavy atom. The molecule has 0 radical (unpaired) electrons. The van der Waals surface area contributed by atoms with Crippen LogP contribution in [0.5, 0.6) is 0 Å². The minimum Gasteiger partial charge on any atom is -0.392 e. The maximum atomic E-state index is 13.3. The number of hydrogen-bond donors (Lipinski definition) is 1. The van der Waals surface area contributed by atoms with Crippen molar-refractivity contribution in [2.24, 2.45) is 23.2 Å². The zero-order valence-corrected chi connectivity index (χ0v) is 21.2. The summed E-state index contributed by atoms with van der Waals surface area (Å²) in [4.78, 5) is 24.0. The largest absolute Gasteiger partial charge is 0.392 e. The van der Waals surface area contributed by atoms with Crippen molar-refractivity contribution < 1.29 is 9.90 Å². The van der Waals surface area contributed by atoms with Crippen LogP contribution in [-0.4, -0.2) is 65.1 Å². The van der Waals surface area contributed by atoms with Gasteiger partial charge in [0.05, 0.1) is 11.8 Å². The number of aliphatic hydroxyl groups excluding tert-OH is 1. The van der Waals surface area contributed by atoms with E-state index in [1.54, 1.807) is 11.3 Å². The van der Waals surface area contributed by atoms with Crippen LogP contribution in [-0.2, 0) is 11.2 Å². The first kappa shape index (κ1) is 22.5. The number of likely N-dealkylation sites (N-methyl/N-ethyl adjacent to an activating group) is 1. The SMILES string of the molecule is C[C@H](C(=O)N1CCN(C)CC1)[C@H]1CC[C@]2(C)Cc3sc(-c4ccsc4)nc3[C@H](C)[C@@H]2[C@H]1O. The van der Waals surface area contributed by atoms with Gasteiger partial charge in [0.1, 0.15) is 5.01 Å². The van der Waals surface area contributed by atoms with Crippen LogP contribution in [0.25, 0.3) is 10.6 Å². The van der Waals surface area contributed by atoms with E-state index in [0.717, 1.165) is 50.4 Å². The van der Waals surface area contributed by atoms with Gasteiger partial charge in [0, 0.05) is 53.8 Å². The van der Waals surface area contributed by atoms with Crippen LogP contribution in [0.1, 0.15) is 50.1 Å². The molecule has 1 saturated carbocycles. The molecule has 1 aliphatic heterocycles. The van der Waals surface area contributed by atoms with Gasteiger partial charge in [-0.15, -0.1) is 11.3 Å². The molecule has 0 spiro atoms. The summed E-state index contributed by atoms with van der Waals surface area (Å²) in [7, 11) is 2.11. The number of aliphatic hydroxyl groups is 1. The molecule has 0 bridgehead atoms. The molecule has 174 valence electrons. The molecule has 6 atom stereocenters. The maximum Gasteiger partial charge on any atom is 0.225 e. The van der Waals surface area contributed by atoms with E-state index < -0.39 is 6.10 Å². The fourth-order valence-electron chi connectivity index (χ4n) is 6.55. The zero-order valence-electron chi connectivity index (χ0n) is 19.6. The van der Waals surface area contributed by atoms with Gasteiger partial charge in [0.15, 0.2) is 0 Å². The van der Waals surface area contributed by atoms with Gasteiger partial charge >= 0.3 is 0 Å². The predicted octanol–water partition coefficient (Wildman–Crippen LogP) is 4.33. The van der Waals surface area contributed by atoms with Gasteiger partial charge in [0.2, 0.25) is 5.91 Å². The van der Waals surface area contributed by atoms with Gasteiger partial charge in [-0.25, -0.2) is 4.98 Å². The van der Waals surface area contributed by atoms with Crippen LogP contribution in [0, 0.1) is 23.2 Å². The Hall–Kier alpha value is -1.28. The summed E-state index contributed by atoms with van der Waals surface area (Å²) in [5, 5.41) is 17.1. The van der Waals surface area contributed by atoms with E-state index in [9.17, 15) is 9.90 Å². The molecule has 1 amide bonds. The first-order chi connectivity index (χ1) is 15.3. The Labute approximate surface area is 199 Å². The second kappa shape index (κ2) is 8.49. The van der Waals surface area contributed by atoms with Gasteiger partial charge in [-0.2, -0.15) is 11.3 Å². The van der Waals surface area contributed by atoms with Crippen LogP contribution >= 0.6 is 22.7 Å². The molecule has 7 heteroatoms. The Kier molecular flexibility index (Phi) is 5.98. The lowest BCUT2D eigenvalue weighted by Gasteiger charge is -2.53. The summed E-state index contributed by atoms with van der Waals surface area (Å²) < 4.78 is 0. The molecule has 3 aliphatic rings. The molecule has 2 aliphatic carbocycles. The molecule has 0 aromatic carbocycles. The molecule has 5 nitrogen and oxygen atoms in total. The van der Waals surface area contributed by atoms with E-state index in [0.29, 0.717) is 0 Å². The number of nitrogens with zero attached hydrogens (tertiary/aromatic N) is 3. The summed E-state index contributed by atoms with van der Waals surface area (Å²) >= 11 is 3.54. The first-order valence-corrected chi connectivity index (χ1v) is 13.7. The van der Waals surface area contributed by atoms with E-state index in [1.165, 1.54) is 16.1 Å². The molecule has 2 fully saturated rings. The summed E-state index contributed by atoms with van der Waals surface area (Å²) in [6.45, 7) is 10.1. The summed E-state index contributed by atoms with van der Waals surface area (Å²) in [5.41, 5.74) is 2.45. The van der Waals surface area contributed by atoms with Gasteiger partial charge in [-0.3, -0.25) is 4.79 Å². The maximum absolute atomic E-state index is 13.3. The van der Waals surface area contributed by atoms with Crippen LogP contribution in [0.3, 0.4) is 0 Å². The van der Waals surface area contributed by atoms with Crippen LogP contribution in [0.4, 0.5) is 0 Å². The lowest BCUT2D eigenvalue weighted by molar-refractivity contribution is -0.146. The number of fused-ring (bicyclic) bond motifs is 2. The van der Waals surface area contributed by atoms with E-state index in [2.05, 4.69) is 42.6 Å². The second-order valence-corrected chi connectivity index (χ2v) is 12.5. The molecule has 2 aromatic heterocycles. The molecule has 0 unspecified atom stereocenters. The van der Waals surface area contributed by atoms with Crippen molar-refractivity contribution in [3.63, 3.8) is 0 Å². The number of aromatic nitrogens is 1. The van der Waals surface area contributed by atoms with Crippen molar-refractivity contribution in [3.05, 3.63) is 27.4 Å². The zero-order chi connectivity index (χ0) is 22.6. The molecular weight excluding hydrogens is 438 g/mol. The van der Waals surface area contributed by atoms with Gasteiger partial charge in [-0.1, -0.05) is 20.8 Å². The minimum atomic E-state index is -0.463. The highest BCUT2D eigenvalue weighted by Gasteiger charge is 2.54. The lowest BCUT2D eigenvalue weighted by Crippen LogP contribution is -2.55. The average molecular weight is 474 g/mol. The van der Waals surface area contributed by atoms with E-state index in [4.69, 9.17) is 4.98 Å². The van der Waals surface area contributed by atoms with Crippen LogP contribution in [0.2, 0.25) is 0 Å². The standard InChI is InChI=1S/C25H35N3O2S2/c1-15(24(30)28-10-8-27(4)9-11-28)18-5-7-25(3)13-19-21(16(2)20(25)22(18)29)26-23(32-19)17-6-12-31-14-17/h6,12,14-16,18,20,22,29H,5,7-11,13H2,1-4H3/t15-,16+,18+,20+,22-,25+/m0/s1. The summed E-state index contributed by atoms with van der Waals surface area (Å²) in [6, 6.07) is 2.14. The monoisotopic (exact) mass is 473 g/mol. The Bertz CT molecular complexity index is 966. The predicted molar refractivity (Wildman–Crippen MR) is 131 cm³/mol. The van der Waals surface area contributed by atoms with E-state index in [1.807, 2.05) is 23.2 Å². The molecular formula is C25H35N3O2S2. The summed E-state index contributed by atoms with van der Waals surface area (Å²) in [6.07, 6.45) is 2.51. The Morgan fingerprint density at radius 2 is 2.06 bits per heavy atom. The smallest absolute Gasteiger partial charge is 0.225 e. The normalized spacial score (nSPS) is 34.1. The first-order valence-electron chi connectivity index (χ1n) is 12.0. The van der Waals surface area contributed by atoms with E-state index >= 15 is 0 Å². The van der Waals surface area contributed by atoms with Gasteiger partial charge in [-0.05, 0) is 55.0 Å². The quantitative estimate of drug-likeness (QED) is 0.721. The lowest BCUT2D eigenvalue weighted by atomic mass is 9.53. The number of rotatable bonds is 3. The van der Waals surface area contributed by atoms with Gasteiger partial charge < -0.3 is 14.9 Å². The van der Waals surface area contributed by atoms with Crippen molar-refractivity contribution in [1.82, 2.24) is 14.8 Å². The average Bonchev–Trinajstić information content (AvgIpc) is 3.43. The fourth-order valence-corrected chi connectivity index (χ4v) is 8.63. The third-order valence-electron chi connectivity index (χ3n) is 8.54. The summed E-state index contributed by atoms with van der Waals surface area (Å²) in [5.74, 6) is 0.468. The third kappa shape index (κ3) is 3.75. The fraction of sp³-hybridized carbons (Fsp3) is 0.680. The topological polar surface area (TPSA) is 56.7 Å². The molecule has 32 heavy (non-hydrogen) atoms. The van der Waals surface area contributed by atoms with E-state index in [-0.39, 0.29) is 35.0 Å². The van der Waals surface area contributed by atoms with Crippen molar-refractivity contribution in [2.45, 2.75) is 52.1 Å². The molecule has 1 saturated heterocycles. The molecule has 3 heterocycles. The number of piperazine rings is 1. The third-order valence-corrected chi connectivity index (χ3v) is 10.3. The number of carbonyl (C=O) groups is 1. The van der Waals surface area contributed by atoms with Crippen molar-refractivity contribution >= 4 is 28.6 Å².